The molecule has 0 saturated carbocycles. The summed E-state index contributed by atoms with van der Waals surface area (Å²) >= 11 is 2.73. The van der Waals surface area contributed by atoms with Crippen molar-refractivity contribution >= 4 is 44.4 Å². The lowest BCUT2D eigenvalue weighted by atomic mass is 10.2. The van der Waals surface area contributed by atoms with Gasteiger partial charge in [0, 0.05) is 21.2 Å². The first-order chi connectivity index (χ1) is 9.65. The van der Waals surface area contributed by atoms with Crippen LogP contribution in [-0.4, -0.2) is 10.9 Å². The minimum Gasteiger partial charge on any atom is -0.397 e. The van der Waals surface area contributed by atoms with E-state index in [0.717, 1.165) is 9.58 Å². The number of carbonyl (C=O) groups is 1. The van der Waals surface area contributed by atoms with Crippen molar-refractivity contribution in [2.24, 2.45) is 0 Å². The summed E-state index contributed by atoms with van der Waals surface area (Å²) in [7, 11) is 0. The highest BCUT2D eigenvalue weighted by atomic mass is 32.1. The number of thiazole rings is 1. The minimum absolute atomic E-state index is 0.252. The number of fused-ring (bicyclic) bond motifs is 1. The van der Waals surface area contributed by atoms with Crippen LogP contribution in [0.15, 0.2) is 29.9 Å². The molecule has 1 amide bonds. The number of benzene rings is 1. The zero-order valence-electron chi connectivity index (χ0n) is 10.2. The van der Waals surface area contributed by atoms with Gasteiger partial charge < -0.3 is 11.1 Å². The van der Waals surface area contributed by atoms with E-state index in [2.05, 4.69) is 10.3 Å². The standard InChI is InChI=1S/C13H10FN3OS2/c14-7-1-2-10-9(3-7)11(15)12(20-10)13(18)17-5-8-4-16-6-19-8/h1-4,6H,5,15H2,(H,17,18). The second-order valence-corrected chi connectivity index (χ2v) is 6.16. The van der Waals surface area contributed by atoms with Gasteiger partial charge in [-0.05, 0) is 18.2 Å². The number of nitrogens with one attached hydrogen (secondary N) is 1. The Bertz CT molecular complexity index is 767. The second-order valence-electron chi connectivity index (χ2n) is 4.14. The van der Waals surface area contributed by atoms with Gasteiger partial charge in [0.2, 0.25) is 0 Å². The molecule has 0 unspecified atom stereocenters. The zero-order valence-corrected chi connectivity index (χ0v) is 11.9. The molecule has 1 aromatic carbocycles. The monoisotopic (exact) mass is 307 g/mol. The number of hydrogen-bond acceptors (Lipinski definition) is 5. The smallest absolute Gasteiger partial charge is 0.263 e. The van der Waals surface area contributed by atoms with Crippen LogP contribution in [0.5, 0.6) is 0 Å². The van der Waals surface area contributed by atoms with Crippen LogP contribution in [-0.2, 0) is 6.54 Å². The number of thiophene rings is 1. The Balaban J connectivity index is 1.86. The fourth-order valence-electron chi connectivity index (χ4n) is 1.83. The molecule has 20 heavy (non-hydrogen) atoms. The number of amides is 1. The van der Waals surface area contributed by atoms with Crippen molar-refractivity contribution in [3.63, 3.8) is 0 Å². The molecule has 0 aliphatic heterocycles. The number of anilines is 1. The SMILES string of the molecule is Nc1c(C(=O)NCc2cncs2)sc2ccc(F)cc12. The Morgan fingerprint density at radius 2 is 2.30 bits per heavy atom. The van der Waals surface area contributed by atoms with Crippen LogP contribution in [0.3, 0.4) is 0 Å². The van der Waals surface area contributed by atoms with E-state index in [1.807, 2.05) is 0 Å². The zero-order chi connectivity index (χ0) is 14.1. The lowest BCUT2D eigenvalue weighted by Gasteiger charge is -2.02. The Hall–Kier alpha value is -1.99. The molecule has 0 saturated heterocycles. The average Bonchev–Trinajstić information content (AvgIpc) is 3.05. The number of rotatable bonds is 3. The first kappa shape index (κ1) is 13.0. The van der Waals surface area contributed by atoms with E-state index in [4.69, 9.17) is 5.73 Å². The van der Waals surface area contributed by atoms with Gasteiger partial charge >= 0.3 is 0 Å². The Kier molecular flexibility index (Phi) is 3.37. The molecular weight excluding hydrogens is 297 g/mol. The van der Waals surface area contributed by atoms with Gasteiger partial charge in [-0.25, -0.2) is 4.39 Å². The highest BCUT2D eigenvalue weighted by molar-refractivity contribution is 7.21. The third-order valence-electron chi connectivity index (χ3n) is 2.80. The second kappa shape index (κ2) is 5.18. The van der Waals surface area contributed by atoms with Gasteiger partial charge in [0.05, 0.1) is 17.7 Å². The van der Waals surface area contributed by atoms with Gasteiger partial charge in [-0.1, -0.05) is 0 Å². The van der Waals surface area contributed by atoms with Crippen molar-refractivity contribution < 1.29 is 9.18 Å². The summed E-state index contributed by atoms with van der Waals surface area (Å²) in [6.07, 6.45) is 1.70. The number of nitrogen functional groups attached to an aromatic ring is 1. The normalized spacial score (nSPS) is 10.8. The topological polar surface area (TPSA) is 68.0 Å². The van der Waals surface area contributed by atoms with Crippen molar-refractivity contribution in [1.82, 2.24) is 10.3 Å². The van der Waals surface area contributed by atoms with Gasteiger partial charge in [0.15, 0.2) is 0 Å². The van der Waals surface area contributed by atoms with Gasteiger partial charge in [-0.15, -0.1) is 22.7 Å². The molecule has 7 heteroatoms. The van der Waals surface area contributed by atoms with Gasteiger partial charge in [0.25, 0.3) is 5.91 Å². The van der Waals surface area contributed by atoms with Crippen LogP contribution in [0.1, 0.15) is 14.5 Å². The molecule has 2 aromatic heterocycles. The molecule has 3 rings (SSSR count). The van der Waals surface area contributed by atoms with Crippen molar-refractivity contribution in [3.05, 3.63) is 45.5 Å². The molecule has 4 nitrogen and oxygen atoms in total. The van der Waals surface area contributed by atoms with Crippen LogP contribution in [0.4, 0.5) is 10.1 Å². The van der Waals surface area contributed by atoms with E-state index in [1.165, 1.54) is 34.8 Å². The summed E-state index contributed by atoms with van der Waals surface area (Å²) < 4.78 is 14.0. The molecule has 3 N–H and O–H groups in total. The molecular formula is C13H10FN3OS2. The van der Waals surface area contributed by atoms with E-state index in [1.54, 1.807) is 17.8 Å². The van der Waals surface area contributed by atoms with E-state index in [-0.39, 0.29) is 11.7 Å². The summed E-state index contributed by atoms with van der Waals surface area (Å²) in [6, 6.07) is 4.34. The Morgan fingerprint density at radius 1 is 1.45 bits per heavy atom. The van der Waals surface area contributed by atoms with Crippen LogP contribution >= 0.6 is 22.7 Å². The number of aromatic nitrogens is 1. The number of carbonyl (C=O) groups excluding carboxylic acids is 1. The minimum atomic E-state index is -0.362. The fourth-order valence-corrected chi connectivity index (χ4v) is 3.39. The van der Waals surface area contributed by atoms with Crippen LogP contribution < -0.4 is 11.1 Å². The molecule has 0 aliphatic carbocycles. The third-order valence-corrected chi connectivity index (χ3v) is 4.77. The molecule has 0 bridgehead atoms. The largest absolute Gasteiger partial charge is 0.397 e. The highest BCUT2D eigenvalue weighted by Crippen LogP contribution is 2.33. The van der Waals surface area contributed by atoms with Crippen LogP contribution in [0.2, 0.25) is 0 Å². The predicted molar refractivity (Wildman–Crippen MR) is 79.5 cm³/mol. The number of nitrogens with two attached hydrogens (primary N) is 1. The summed E-state index contributed by atoms with van der Waals surface area (Å²) in [5.41, 5.74) is 7.96. The fraction of sp³-hybridized carbons (Fsp3) is 0.0769. The number of nitrogens with zero attached hydrogens (tertiary/aromatic N) is 1. The van der Waals surface area contributed by atoms with Gasteiger partial charge in [0.1, 0.15) is 10.7 Å². The van der Waals surface area contributed by atoms with Gasteiger partial charge in [-0.2, -0.15) is 0 Å². The van der Waals surface area contributed by atoms with E-state index in [9.17, 15) is 9.18 Å². The molecule has 3 aromatic rings. The molecule has 102 valence electrons. The van der Waals surface area contributed by atoms with Crippen molar-refractivity contribution in [2.75, 3.05) is 5.73 Å². The summed E-state index contributed by atoms with van der Waals surface area (Å²) in [5, 5.41) is 3.37. The average molecular weight is 307 g/mol. The maximum absolute atomic E-state index is 13.2. The van der Waals surface area contributed by atoms with Crippen molar-refractivity contribution in [2.45, 2.75) is 6.54 Å². The van der Waals surface area contributed by atoms with Crippen molar-refractivity contribution in [3.8, 4) is 0 Å². The number of hydrogen-bond donors (Lipinski definition) is 2. The third kappa shape index (κ3) is 2.37. The maximum Gasteiger partial charge on any atom is 0.263 e. The van der Waals surface area contributed by atoms with Crippen molar-refractivity contribution in [1.29, 1.82) is 0 Å². The molecule has 0 radical (unpaired) electrons. The number of halogens is 1. The van der Waals surface area contributed by atoms with Crippen LogP contribution in [0.25, 0.3) is 10.1 Å². The molecule has 0 spiro atoms. The molecule has 0 atom stereocenters. The summed E-state index contributed by atoms with van der Waals surface area (Å²) in [5.74, 6) is -0.615. The predicted octanol–water partition coefficient (Wildman–Crippen LogP) is 3.01. The first-order valence-corrected chi connectivity index (χ1v) is 7.48. The first-order valence-electron chi connectivity index (χ1n) is 5.78. The van der Waals surface area contributed by atoms with E-state index < -0.39 is 0 Å². The molecule has 0 aliphatic rings. The lowest BCUT2D eigenvalue weighted by Crippen LogP contribution is -2.22. The van der Waals surface area contributed by atoms with Gasteiger partial charge in [-0.3, -0.25) is 9.78 Å². The lowest BCUT2D eigenvalue weighted by molar-refractivity contribution is 0.0956. The Morgan fingerprint density at radius 3 is 3.05 bits per heavy atom. The van der Waals surface area contributed by atoms with Crippen LogP contribution in [0, 0.1) is 5.82 Å². The Labute approximate surface area is 122 Å². The summed E-state index contributed by atoms with van der Waals surface area (Å²) in [4.78, 5) is 17.4. The van der Waals surface area contributed by atoms with E-state index >= 15 is 0 Å². The summed E-state index contributed by atoms with van der Waals surface area (Å²) in [6.45, 7) is 0.408. The van der Waals surface area contributed by atoms with E-state index in [0.29, 0.717) is 22.5 Å². The highest BCUT2D eigenvalue weighted by Gasteiger charge is 2.16. The molecule has 2 heterocycles. The molecule has 0 fully saturated rings. The quantitative estimate of drug-likeness (QED) is 0.781. The maximum atomic E-state index is 13.2.